The van der Waals surface area contributed by atoms with Crippen molar-refractivity contribution in [2.75, 3.05) is 6.61 Å². The number of esters is 1. The minimum absolute atomic E-state index is 0.130. The van der Waals surface area contributed by atoms with Gasteiger partial charge in [0.25, 0.3) is 5.56 Å². The molecule has 2 aromatic rings. The molecule has 0 aliphatic rings. The second kappa shape index (κ2) is 5.22. The summed E-state index contributed by atoms with van der Waals surface area (Å²) >= 11 is 9.20. The Hall–Kier alpha value is -1.53. The van der Waals surface area contributed by atoms with Crippen molar-refractivity contribution < 1.29 is 14.6 Å². The summed E-state index contributed by atoms with van der Waals surface area (Å²) in [4.78, 5) is 26.0. The molecule has 0 unspecified atom stereocenters. The molecule has 0 radical (unpaired) electrons. The van der Waals surface area contributed by atoms with Gasteiger partial charge in [-0.1, -0.05) is 11.6 Å². The normalized spacial score (nSPS) is 10.7. The fourth-order valence-corrected chi connectivity index (χ4v) is 2.42. The number of benzene rings is 1. The Kier molecular flexibility index (Phi) is 3.82. The Morgan fingerprint density at radius 2 is 2.21 bits per heavy atom. The van der Waals surface area contributed by atoms with Crippen molar-refractivity contribution in [1.82, 2.24) is 4.98 Å². The summed E-state index contributed by atoms with van der Waals surface area (Å²) in [7, 11) is 0. The second-order valence-corrected chi connectivity index (χ2v) is 4.88. The van der Waals surface area contributed by atoms with Gasteiger partial charge in [-0.25, -0.2) is 4.79 Å². The number of halogens is 2. The third-order valence-electron chi connectivity index (χ3n) is 2.52. The fourth-order valence-electron chi connectivity index (χ4n) is 1.71. The summed E-state index contributed by atoms with van der Waals surface area (Å²) in [5, 5.41) is 10.5. The number of aromatic nitrogens is 1. The van der Waals surface area contributed by atoms with Crippen molar-refractivity contribution in [2.24, 2.45) is 0 Å². The molecule has 0 amide bonds. The number of hydrogen-bond acceptors (Lipinski definition) is 4. The molecule has 0 aliphatic heterocycles. The van der Waals surface area contributed by atoms with Gasteiger partial charge in [-0.05, 0) is 35.0 Å². The lowest BCUT2D eigenvalue weighted by atomic mass is 10.1. The smallest absolute Gasteiger partial charge is 0.342 e. The number of nitrogens with one attached hydrogen (secondary N) is 1. The number of hydrogen-bond donors (Lipinski definition) is 2. The highest BCUT2D eigenvalue weighted by Crippen LogP contribution is 2.34. The molecule has 0 bridgehead atoms. The third-order valence-corrected chi connectivity index (χ3v) is 3.89. The quantitative estimate of drug-likeness (QED) is 0.820. The molecule has 0 saturated heterocycles. The van der Waals surface area contributed by atoms with E-state index in [1.54, 1.807) is 19.1 Å². The molecule has 0 aliphatic carbocycles. The van der Waals surface area contributed by atoms with Crippen LogP contribution in [0.25, 0.3) is 10.9 Å². The van der Waals surface area contributed by atoms with Crippen LogP contribution in [0.5, 0.6) is 5.75 Å². The molecule has 0 saturated carbocycles. The molecule has 100 valence electrons. The van der Waals surface area contributed by atoms with E-state index < -0.39 is 17.3 Å². The maximum atomic E-state index is 11.9. The average Bonchev–Trinajstić information content (AvgIpc) is 2.36. The summed E-state index contributed by atoms with van der Waals surface area (Å²) in [5.41, 5.74) is -0.582. The zero-order valence-corrected chi connectivity index (χ0v) is 12.1. The van der Waals surface area contributed by atoms with Crippen LogP contribution in [0.15, 0.2) is 21.4 Å². The highest BCUT2D eigenvalue weighted by atomic mass is 79.9. The zero-order chi connectivity index (χ0) is 14.2. The molecule has 1 aromatic heterocycles. The molecule has 19 heavy (non-hydrogen) atoms. The van der Waals surface area contributed by atoms with E-state index >= 15 is 0 Å². The molecule has 1 aromatic carbocycles. The van der Waals surface area contributed by atoms with Crippen LogP contribution in [0.2, 0.25) is 5.02 Å². The van der Waals surface area contributed by atoms with Gasteiger partial charge in [0, 0.05) is 9.86 Å². The first-order chi connectivity index (χ1) is 8.97. The molecule has 0 fully saturated rings. The molecule has 7 heteroatoms. The Bertz CT molecular complexity index is 726. The standard InChI is InChI=1S/C12H9BrClNO4/c1-2-19-12(18)8-7-6(15-11(17)10(8)16)4-3-5(14)9(7)13/h3-4,16H,2H2,1H3,(H,15,17). The van der Waals surface area contributed by atoms with E-state index in [1.807, 2.05) is 0 Å². The van der Waals surface area contributed by atoms with Crippen LogP contribution in [0.3, 0.4) is 0 Å². The minimum atomic E-state index is -0.779. The van der Waals surface area contributed by atoms with Crippen molar-refractivity contribution in [3.8, 4) is 5.75 Å². The number of H-pyrrole nitrogens is 1. The van der Waals surface area contributed by atoms with Gasteiger partial charge in [0.15, 0.2) is 5.75 Å². The van der Waals surface area contributed by atoms with Crippen LogP contribution in [-0.2, 0) is 4.74 Å². The van der Waals surface area contributed by atoms with Gasteiger partial charge in [0.2, 0.25) is 0 Å². The van der Waals surface area contributed by atoms with Crippen LogP contribution in [0, 0.1) is 0 Å². The van der Waals surface area contributed by atoms with Crippen LogP contribution < -0.4 is 5.56 Å². The van der Waals surface area contributed by atoms with Gasteiger partial charge in [-0.2, -0.15) is 0 Å². The van der Waals surface area contributed by atoms with Crippen molar-refractivity contribution in [3.63, 3.8) is 0 Å². The number of aromatic amines is 1. The number of carbonyl (C=O) groups excluding carboxylic acids is 1. The Balaban J connectivity index is 2.92. The van der Waals surface area contributed by atoms with Gasteiger partial charge in [-0.15, -0.1) is 0 Å². The highest BCUT2D eigenvalue weighted by Gasteiger charge is 2.22. The molecular formula is C12H9BrClNO4. The minimum Gasteiger partial charge on any atom is -0.502 e. The Morgan fingerprint density at radius 1 is 1.53 bits per heavy atom. The van der Waals surface area contributed by atoms with Gasteiger partial charge in [0.1, 0.15) is 5.56 Å². The molecule has 1 heterocycles. The SMILES string of the molecule is CCOC(=O)c1c(O)c(=O)[nH]c2ccc(Cl)c(Br)c12. The molecule has 0 spiro atoms. The highest BCUT2D eigenvalue weighted by molar-refractivity contribution is 9.10. The van der Waals surface area contributed by atoms with Crippen molar-refractivity contribution in [1.29, 1.82) is 0 Å². The van der Waals surface area contributed by atoms with Gasteiger partial charge in [0.05, 0.1) is 17.1 Å². The lowest BCUT2D eigenvalue weighted by Gasteiger charge is -2.10. The van der Waals surface area contributed by atoms with Crippen LogP contribution >= 0.6 is 27.5 Å². The Labute approximate surface area is 121 Å². The maximum absolute atomic E-state index is 11.9. The first kappa shape index (κ1) is 13.9. The average molecular weight is 347 g/mol. The van der Waals surface area contributed by atoms with Crippen LogP contribution in [0.1, 0.15) is 17.3 Å². The number of aromatic hydroxyl groups is 1. The molecule has 5 nitrogen and oxygen atoms in total. The van der Waals surface area contributed by atoms with E-state index in [4.69, 9.17) is 16.3 Å². The molecule has 2 rings (SSSR count). The predicted octanol–water partition coefficient (Wildman–Crippen LogP) is 2.83. The number of carbonyl (C=O) groups is 1. The topological polar surface area (TPSA) is 79.4 Å². The van der Waals surface area contributed by atoms with Gasteiger partial charge >= 0.3 is 5.97 Å². The van der Waals surface area contributed by atoms with E-state index in [0.29, 0.717) is 20.4 Å². The maximum Gasteiger partial charge on any atom is 0.342 e. The summed E-state index contributed by atoms with van der Waals surface area (Å²) in [6.45, 7) is 1.76. The fraction of sp³-hybridized carbons (Fsp3) is 0.167. The molecule has 2 N–H and O–H groups in total. The summed E-state index contributed by atoms with van der Waals surface area (Å²) < 4.78 is 5.26. The summed E-state index contributed by atoms with van der Waals surface area (Å²) in [6, 6.07) is 3.11. The zero-order valence-electron chi connectivity index (χ0n) is 9.79. The third kappa shape index (κ3) is 2.33. The second-order valence-electron chi connectivity index (χ2n) is 3.68. The van der Waals surface area contributed by atoms with Gasteiger partial charge < -0.3 is 14.8 Å². The number of fused-ring (bicyclic) bond motifs is 1. The van der Waals surface area contributed by atoms with Crippen molar-refractivity contribution >= 4 is 44.4 Å². The van der Waals surface area contributed by atoms with E-state index in [0.717, 1.165) is 0 Å². The van der Waals surface area contributed by atoms with Crippen molar-refractivity contribution in [3.05, 3.63) is 37.5 Å². The van der Waals surface area contributed by atoms with E-state index in [1.165, 1.54) is 0 Å². The van der Waals surface area contributed by atoms with Gasteiger partial charge in [-0.3, -0.25) is 4.79 Å². The lowest BCUT2D eigenvalue weighted by Crippen LogP contribution is -2.14. The number of ether oxygens (including phenoxy) is 1. The lowest BCUT2D eigenvalue weighted by molar-refractivity contribution is 0.0525. The first-order valence-electron chi connectivity index (χ1n) is 5.37. The Morgan fingerprint density at radius 3 is 2.84 bits per heavy atom. The molecule has 0 atom stereocenters. The number of pyridine rings is 1. The number of rotatable bonds is 2. The molecular weight excluding hydrogens is 337 g/mol. The first-order valence-corrected chi connectivity index (χ1v) is 6.54. The largest absolute Gasteiger partial charge is 0.502 e. The van der Waals surface area contributed by atoms with Crippen LogP contribution in [0.4, 0.5) is 0 Å². The monoisotopic (exact) mass is 345 g/mol. The predicted molar refractivity (Wildman–Crippen MR) is 74.9 cm³/mol. The summed E-state index contributed by atoms with van der Waals surface area (Å²) in [5.74, 6) is -1.46. The van der Waals surface area contributed by atoms with Crippen LogP contribution in [-0.4, -0.2) is 22.7 Å². The van der Waals surface area contributed by atoms with E-state index in [2.05, 4.69) is 20.9 Å². The summed E-state index contributed by atoms with van der Waals surface area (Å²) in [6.07, 6.45) is 0. The van der Waals surface area contributed by atoms with Crippen molar-refractivity contribution in [2.45, 2.75) is 6.92 Å². The van der Waals surface area contributed by atoms with E-state index in [-0.39, 0.29) is 12.2 Å². The van der Waals surface area contributed by atoms with E-state index in [9.17, 15) is 14.7 Å².